The third kappa shape index (κ3) is 3.26. The summed E-state index contributed by atoms with van der Waals surface area (Å²) in [5.74, 6) is -1.55. The number of nitrogens with zero attached hydrogens (tertiary/aromatic N) is 2. The highest BCUT2D eigenvalue weighted by Gasteiger charge is 2.58. The van der Waals surface area contributed by atoms with Gasteiger partial charge in [0.2, 0.25) is 11.5 Å². The first kappa shape index (κ1) is 17.5. The van der Waals surface area contributed by atoms with E-state index in [-0.39, 0.29) is 0 Å². The van der Waals surface area contributed by atoms with Crippen molar-refractivity contribution in [1.29, 1.82) is 0 Å². The van der Waals surface area contributed by atoms with Crippen LogP contribution in [0.1, 0.15) is 29.8 Å². The van der Waals surface area contributed by atoms with Gasteiger partial charge < -0.3 is 15.0 Å². The van der Waals surface area contributed by atoms with E-state index in [9.17, 15) is 23.1 Å². The van der Waals surface area contributed by atoms with Gasteiger partial charge in [-0.3, -0.25) is 4.79 Å². The Kier molecular flexibility index (Phi) is 4.32. The van der Waals surface area contributed by atoms with Gasteiger partial charge in [0.25, 0.3) is 0 Å². The third-order valence-corrected chi connectivity index (χ3v) is 4.46. The van der Waals surface area contributed by atoms with Crippen LogP contribution in [0.25, 0.3) is 0 Å². The number of imidazole rings is 1. The number of carbonyl (C=O) groups excluding carboxylic acids is 1. The molecule has 0 bridgehead atoms. The molecule has 0 fully saturated rings. The van der Waals surface area contributed by atoms with E-state index in [0.29, 0.717) is 5.69 Å². The zero-order valence-electron chi connectivity index (χ0n) is 13.6. The van der Waals surface area contributed by atoms with Crippen molar-refractivity contribution in [2.24, 2.45) is 7.05 Å². The van der Waals surface area contributed by atoms with Crippen molar-refractivity contribution in [3.63, 3.8) is 0 Å². The Balaban J connectivity index is 1.81. The van der Waals surface area contributed by atoms with Crippen molar-refractivity contribution in [2.75, 3.05) is 5.32 Å². The van der Waals surface area contributed by atoms with E-state index >= 15 is 0 Å². The predicted octanol–water partition coefficient (Wildman–Crippen LogP) is 2.69. The number of hydrogen-bond acceptors (Lipinski definition) is 3. The zero-order chi connectivity index (χ0) is 18.2. The second kappa shape index (κ2) is 6.18. The monoisotopic (exact) mass is 353 g/mol. The van der Waals surface area contributed by atoms with Crippen LogP contribution in [-0.2, 0) is 30.3 Å². The van der Waals surface area contributed by atoms with E-state index in [1.165, 1.54) is 18.8 Å². The molecular formula is C17H18F3N3O2. The number of alkyl halides is 3. The number of anilines is 1. The van der Waals surface area contributed by atoms with E-state index in [0.717, 1.165) is 35.6 Å². The lowest BCUT2D eigenvalue weighted by Crippen LogP contribution is -2.46. The number of benzene rings is 1. The summed E-state index contributed by atoms with van der Waals surface area (Å²) in [7, 11) is 1.33. The maximum absolute atomic E-state index is 13.4. The number of carbonyl (C=O) groups is 1. The molecule has 3 rings (SSSR count). The minimum absolute atomic E-state index is 0.426. The van der Waals surface area contributed by atoms with Gasteiger partial charge in [-0.2, -0.15) is 13.2 Å². The molecule has 2 N–H and O–H groups in total. The Hall–Kier alpha value is -2.35. The Morgan fingerprint density at radius 2 is 2.04 bits per heavy atom. The van der Waals surface area contributed by atoms with E-state index < -0.39 is 29.9 Å². The third-order valence-electron chi connectivity index (χ3n) is 4.46. The molecule has 0 saturated heterocycles. The largest absolute Gasteiger partial charge is 0.425 e. The predicted molar refractivity (Wildman–Crippen MR) is 84.9 cm³/mol. The van der Waals surface area contributed by atoms with Crippen LogP contribution in [-0.4, -0.2) is 26.7 Å². The summed E-state index contributed by atoms with van der Waals surface area (Å²) in [6.45, 7) is 0. The first-order valence-corrected chi connectivity index (χ1v) is 7.89. The summed E-state index contributed by atoms with van der Waals surface area (Å²) < 4.78 is 41.4. The lowest BCUT2D eigenvalue weighted by molar-refractivity contribution is -0.270. The van der Waals surface area contributed by atoms with E-state index in [4.69, 9.17) is 0 Å². The zero-order valence-corrected chi connectivity index (χ0v) is 13.6. The van der Waals surface area contributed by atoms with Crippen molar-refractivity contribution in [3.8, 4) is 0 Å². The van der Waals surface area contributed by atoms with Crippen LogP contribution in [0.15, 0.2) is 30.6 Å². The number of halogens is 3. The van der Waals surface area contributed by atoms with Crippen molar-refractivity contribution in [3.05, 3.63) is 47.5 Å². The van der Waals surface area contributed by atoms with Gasteiger partial charge in [-0.25, -0.2) is 4.98 Å². The van der Waals surface area contributed by atoms with Crippen LogP contribution in [0, 0.1) is 0 Å². The number of nitrogens with one attached hydrogen (secondary N) is 1. The van der Waals surface area contributed by atoms with Gasteiger partial charge in [-0.1, -0.05) is 6.07 Å². The lowest BCUT2D eigenvalue weighted by atomic mass is 9.97. The molecule has 1 aliphatic carbocycles. The van der Waals surface area contributed by atoms with E-state index in [2.05, 4.69) is 10.3 Å². The first-order chi connectivity index (χ1) is 11.7. The van der Waals surface area contributed by atoms with Gasteiger partial charge in [0.05, 0.1) is 6.42 Å². The molecule has 5 nitrogen and oxygen atoms in total. The number of fused-ring (bicyclic) bond motifs is 1. The Morgan fingerprint density at radius 3 is 2.68 bits per heavy atom. The minimum atomic E-state index is -5.04. The molecular weight excluding hydrogens is 335 g/mol. The van der Waals surface area contributed by atoms with Crippen molar-refractivity contribution in [2.45, 2.75) is 37.5 Å². The van der Waals surface area contributed by atoms with Crippen LogP contribution < -0.4 is 5.32 Å². The number of aryl methyl sites for hydroxylation is 3. The molecule has 0 aliphatic heterocycles. The fourth-order valence-corrected chi connectivity index (χ4v) is 3.16. The highest BCUT2D eigenvalue weighted by Crippen LogP contribution is 2.41. The summed E-state index contributed by atoms with van der Waals surface area (Å²) in [4.78, 5) is 15.7. The highest BCUT2D eigenvalue weighted by molar-refractivity contribution is 5.91. The summed E-state index contributed by atoms with van der Waals surface area (Å²) in [5.41, 5.74) is -0.646. The van der Waals surface area contributed by atoms with Gasteiger partial charge in [0, 0.05) is 25.1 Å². The lowest BCUT2D eigenvalue weighted by Gasteiger charge is -2.29. The molecule has 0 saturated carbocycles. The molecule has 1 aromatic heterocycles. The molecule has 25 heavy (non-hydrogen) atoms. The van der Waals surface area contributed by atoms with Gasteiger partial charge >= 0.3 is 6.18 Å². The Labute approximate surface area is 142 Å². The SMILES string of the molecule is Cn1ccnc1[C@@](O)(CC(=O)Nc1ccc2c(c1)CCC2)C(F)(F)F. The smallest absolute Gasteiger partial charge is 0.374 e. The number of aliphatic hydroxyl groups is 1. The normalized spacial score (nSPS) is 16.4. The summed E-state index contributed by atoms with van der Waals surface area (Å²) in [6.07, 6.45) is -0.899. The number of amides is 1. The standard InChI is InChI=1S/C17H18F3N3O2/c1-23-8-7-21-15(23)16(25,17(18,19)20)10-14(24)22-13-6-5-11-3-2-4-12(11)9-13/h5-9,25H,2-4,10H2,1H3,(H,22,24)/t16-/m0/s1. The van der Waals surface area contributed by atoms with Gasteiger partial charge in [-0.05, 0) is 42.5 Å². The number of rotatable bonds is 4. The quantitative estimate of drug-likeness (QED) is 0.888. The average molecular weight is 353 g/mol. The topological polar surface area (TPSA) is 67.1 Å². The van der Waals surface area contributed by atoms with Crippen LogP contribution in [0.4, 0.5) is 18.9 Å². The van der Waals surface area contributed by atoms with Crippen LogP contribution >= 0.6 is 0 Å². The van der Waals surface area contributed by atoms with Crippen molar-refractivity contribution in [1.82, 2.24) is 9.55 Å². The maximum atomic E-state index is 13.4. The van der Waals surface area contributed by atoms with Crippen molar-refractivity contribution >= 4 is 11.6 Å². The second-order valence-corrected chi connectivity index (χ2v) is 6.28. The molecule has 0 spiro atoms. The maximum Gasteiger partial charge on any atom is 0.425 e. The summed E-state index contributed by atoms with van der Waals surface area (Å²) >= 11 is 0. The second-order valence-electron chi connectivity index (χ2n) is 6.28. The summed E-state index contributed by atoms with van der Waals surface area (Å²) in [5, 5.41) is 12.7. The van der Waals surface area contributed by atoms with Crippen LogP contribution in [0.2, 0.25) is 0 Å². The number of aromatic nitrogens is 2. The number of hydrogen-bond donors (Lipinski definition) is 2. The van der Waals surface area contributed by atoms with Crippen LogP contribution in [0.3, 0.4) is 0 Å². The van der Waals surface area contributed by atoms with Gasteiger partial charge in [-0.15, -0.1) is 0 Å². The van der Waals surface area contributed by atoms with Gasteiger partial charge in [0.15, 0.2) is 5.82 Å². The van der Waals surface area contributed by atoms with Crippen LogP contribution in [0.5, 0.6) is 0 Å². The molecule has 1 amide bonds. The molecule has 8 heteroatoms. The fraction of sp³-hybridized carbons (Fsp3) is 0.412. The molecule has 0 unspecified atom stereocenters. The van der Waals surface area contributed by atoms with Crippen molar-refractivity contribution < 1.29 is 23.1 Å². The first-order valence-electron chi connectivity index (χ1n) is 7.89. The molecule has 2 aromatic rings. The van der Waals surface area contributed by atoms with Gasteiger partial charge in [0.1, 0.15) is 0 Å². The molecule has 1 aliphatic rings. The Morgan fingerprint density at radius 1 is 1.32 bits per heavy atom. The molecule has 134 valence electrons. The molecule has 0 radical (unpaired) electrons. The minimum Gasteiger partial charge on any atom is -0.374 e. The summed E-state index contributed by atoms with van der Waals surface area (Å²) in [6, 6.07) is 5.30. The molecule has 1 heterocycles. The Bertz CT molecular complexity index is 801. The average Bonchev–Trinajstić information content (AvgIpc) is 3.13. The molecule has 1 atom stereocenters. The fourth-order valence-electron chi connectivity index (χ4n) is 3.16. The highest BCUT2D eigenvalue weighted by atomic mass is 19.4. The van der Waals surface area contributed by atoms with E-state index in [1.807, 2.05) is 6.07 Å². The molecule has 1 aromatic carbocycles. The van der Waals surface area contributed by atoms with E-state index in [1.54, 1.807) is 12.1 Å².